The lowest BCUT2D eigenvalue weighted by Crippen LogP contribution is -2.28. The van der Waals surface area contributed by atoms with E-state index >= 15 is 0 Å². The summed E-state index contributed by atoms with van der Waals surface area (Å²) < 4.78 is 18.3. The summed E-state index contributed by atoms with van der Waals surface area (Å²) in [5.74, 6) is -0.121. The summed E-state index contributed by atoms with van der Waals surface area (Å²) in [6.07, 6.45) is 0.344. The molecule has 4 heteroatoms. The van der Waals surface area contributed by atoms with Crippen molar-refractivity contribution in [3.63, 3.8) is 0 Å². The molecule has 2 N–H and O–H groups in total. The van der Waals surface area contributed by atoms with Crippen LogP contribution >= 0.6 is 0 Å². The van der Waals surface area contributed by atoms with Gasteiger partial charge in [0.2, 0.25) is 0 Å². The molecule has 1 aromatic rings. The van der Waals surface area contributed by atoms with Gasteiger partial charge >= 0.3 is 0 Å². The first-order chi connectivity index (χ1) is 8.08. The summed E-state index contributed by atoms with van der Waals surface area (Å²) in [6.45, 7) is 4.36. The van der Waals surface area contributed by atoms with Crippen molar-refractivity contribution in [3.8, 4) is 5.75 Å². The fourth-order valence-electron chi connectivity index (χ4n) is 1.53. The Bertz CT molecular complexity index is 357. The van der Waals surface area contributed by atoms with Crippen molar-refractivity contribution in [3.05, 3.63) is 29.6 Å². The van der Waals surface area contributed by atoms with Crippen LogP contribution in [0.4, 0.5) is 4.39 Å². The van der Waals surface area contributed by atoms with Crippen molar-refractivity contribution in [2.45, 2.75) is 32.4 Å². The maximum absolute atomic E-state index is 13.5. The van der Waals surface area contributed by atoms with Gasteiger partial charge in [-0.05, 0) is 31.0 Å². The van der Waals surface area contributed by atoms with E-state index in [9.17, 15) is 9.50 Å². The van der Waals surface area contributed by atoms with Crippen molar-refractivity contribution in [1.82, 2.24) is 5.32 Å². The van der Waals surface area contributed by atoms with Gasteiger partial charge in [0.05, 0.1) is 13.2 Å². The van der Waals surface area contributed by atoms with Crippen molar-refractivity contribution in [2.75, 3.05) is 13.7 Å². The molecule has 0 unspecified atom stereocenters. The maximum Gasteiger partial charge on any atom is 0.165 e. The highest BCUT2D eigenvalue weighted by atomic mass is 19.1. The molecule has 0 radical (unpaired) electrons. The Morgan fingerprint density at radius 2 is 2.18 bits per heavy atom. The molecule has 0 aliphatic heterocycles. The van der Waals surface area contributed by atoms with E-state index in [-0.39, 0.29) is 23.7 Å². The molecule has 96 valence electrons. The molecule has 0 aliphatic carbocycles. The number of nitrogens with one attached hydrogen (secondary N) is 1. The predicted molar refractivity (Wildman–Crippen MR) is 65.7 cm³/mol. The molecular weight excluding hydrogens is 221 g/mol. The molecule has 0 heterocycles. The Kier molecular flexibility index (Phi) is 5.38. The topological polar surface area (TPSA) is 41.5 Å². The summed E-state index contributed by atoms with van der Waals surface area (Å²) in [5, 5.41) is 12.6. The third kappa shape index (κ3) is 3.98. The van der Waals surface area contributed by atoms with Gasteiger partial charge in [-0.1, -0.05) is 13.0 Å². The lowest BCUT2D eigenvalue weighted by molar-refractivity contribution is 0.163. The fourth-order valence-corrected chi connectivity index (χ4v) is 1.53. The molecule has 2 atom stereocenters. The number of rotatable bonds is 6. The quantitative estimate of drug-likeness (QED) is 0.802. The zero-order valence-corrected chi connectivity index (χ0v) is 10.5. The Morgan fingerprint density at radius 1 is 1.47 bits per heavy atom. The van der Waals surface area contributed by atoms with Crippen molar-refractivity contribution >= 4 is 0 Å². The van der Waals surface area contributed by atoms with Gasteiger partial charge in [-0.25, -0.2) is 4.39 Å². The summed E-state index contributed by atoms with van der Waals surface area (Å²) >= 11 is 0. The second kappa shape index (κ2) is 6.57. The molecular formula is C13H20FNO2. The Balaban J connectivity index is 2.63. The molecule has 0 fully saturated rings. The van der Waals surface area contributed by atoms with Gasteiger partial charge in [-0.3, -0.25) is 0 Å². The molecule has 3 nitrogen and oxygen atoms in total. The second-order valence-corrected chi connectivity index (χ2v) is 4.09. The van der Waals surface area contributed by atoms with Crippen LogP contribution in [0.3, 0.4) is 0 Å². The Labute approximate surface area is 102 Å². The van der Waals surface area contributed by atoms with Crippen LogP contribution in [0.25, 0.3) is 0 Å². The largest absolute Gasteiger partial charge is 0.494 e. The first kappa shape index (κ1) is 13.9. The van der Waals surface area contributed by atoms with E-state index in [1.807, 2.05) is 19.9 Å². The van der Waals surface area contributed by atoms with Gasteiger partial charge in [0, 0.05) is 12.6 Å². The van der Waals surface area contributed by atoms with Gasteiger partial charge in [-0.2, -0.15) is 0 Å². The highest BCUT2D eigenvalue weighted by Gasteiger charge is 2.10. The smallest absolute Gasteiger partial charge is 0.165 e. The molecule has 1 rings (SSSR count). The van der Waals surface area contributed by atoms with E-state index in [0.717, 1.165) is 5.56 Å². The van der Waals surface area contributed by atoms with Gasteiger partial charge < -0.3 is 15.2 Å². The lowest BCUT2D eigenvalue weighted by atomic mass is 10.1. The zero-order valence-electron chi connectivity index (χ0n) is 10.5. The number of benzene rings is 1. The summed E-state index contributed by atoms with van der Waals surface area (Å²) in [5.41, 5.74) is 0.839. The van der Waals surface area contributed by atoms with Gasteiger partial charge in [0.15, 0.2) is 11.6 Å². The van der Waals surface area contributed by atoms with E-state index in [2.05, 4.69) is 5.32 Å². The molecule has 0 amide bonds. The van der Waals surface area contributed by atoms with Gasteiger partial charge in [0.1, 0.15) is 0 Å². The van der Waals surface area contributed by atoms with Gasteiger partial charge in [-0.15, -0.1) is 0 Å². The van der Waals surface area contributed by atoms with Crippen LogP contribution in [0.2, 0.25) is 0 Å². The average molecular weight is 241 g/mol. The molecule has 0 aromatic heterocycles. The normalized spacial score (nSPS) is 14.4. The average Bonchev–Trinajstić information content (AvgIpc) is 2.35. The molecule has 17 heavy (non-hydrogen) atoms. The minimum atomic E-state index is -0.366. The van der Waals surface area contributed by atoms with Crippen LogP contribution in [0.15, 0.2) is 18.2 Å². The third-order valence-electron chi connectivity index (χ3n) is 2.81. The molecule has 0 bridgehead atoms. The maximum atomic E-state index is 13.5. The minimum absolute atomic E-state index is 0.00314. The molecule has 1 aromatic carbocycles. The molecule has 0 saturated heterocycles. The number of hydrogen-bond acceptors (Lipinski definition) is 3. The Morgan fingerprint density at radius 3 is 2.71 bits per heavy atom. The highest BCUT2D eigenvalue weighted by molar-refractivity contribution is 5.30. The molecule has 0 aliphatic rings. The number of ether oxygens (including phenoxy) is 1. The van der Waals surface area contributed by atoms with E-state index in [0.29, 0.717) is 13.0 Å². The third-order valence-corrected chi connectivity index (χ3v) is 2.81. The van der Waals surface area contributed by atoms with E-state index in [1.165, 1.54) is 13.2 Å². The SMILES string of the molecule is CC[C@@H](O)CN[C@H](C)c1ccc(OC)c(F)c1. The molecule has 0 saturated carbocycles. The fraction of sp³-hybridized carbons (Fsp3) is 0.538. The number of methoxy groups -OCH3 is 1. The van der Waals surface area contributed by atoms with E-state index < -0.39 is 0 Å². The van der Waals surface area contributed by atoms with Crippen molar-refractivity contribution in [2.24, 2.45) is 0 Å². The monoisotopic (exact) mass is 241 g/mol. The van der Waals surface area contributed by atoms with Crippen molar-refractivity contribution in [1.29, 1.82) is 0 Å². The van der Waals surface area contributed by atoms with E-state index in [1.54, 1.807) is 6.07 Å². The van der Waals surface area contributed by atoms with Crippen LogP contribution in [-0.4, -0.2) is 24.9 Å². The lowest BCUT2D eigenvalue weighted by Gasteiger charge is -2.17. The van der Waals surface area contributed by atoms with Crippen LogP contribution < -0.4 is 10.1 Å². The first-order valence-electron chi connectivity index (χ1n) is 5.83. The van der Waals surface area contributed by atoms with Crippen LogP contribution in [0.5, 0.6) is 5.75 Å². The first-order valence-corrected chi connectivity index (χ1v) is 5.83. The number of halogens is 1. The minimum Gasteiger partial charge on any atom is -0.494 e. The van der Waals surface area contributed by atoms with E-state index in [4.69, 9.17) is 4.74 Å². The summed E-state index contributed by atoms with van der Waals surface area (Å²) in [4.78, 5) is 0. The van der Waals surface area contributed by atoms with Crippen molar-refractivity contribution < 1.29 is 14.2 Å². The van der Waals surface area contributed by atoms with Crippen LogP contribution in [-0.2, 0) is 0 Å². The standard InChI is InChI=1S/C13H20FNO2/c1-4-11(16)8-15-9(2)10-5-6-13(17-3)12(14)7-10/h5-7,9,11,15-16H,4,8H2,1-3H3/t9-,11-/m1/s1. The number of aliphatic hydroxyl groups is 1. The number of aliphatic hydroxyl groups excluding tert-OH is 1. The second-order valence-electron chi connectivity index (χ2n) is 4.09. The van der Waals surface area contributed by atoms with Crippen LogP contribution in [0.1, 0.15) is 31.9 Å². The van der Waals surface area contributed by atoms with Crippen LogP contribution in [0, 0.1) is 5.82 Å². The zero-order chi connectivity index (χ0) is 12.8. The number of hydrogen-bond donors (Lipinski definition) is 2. The highest BCUT2D eigenvalue weighted by Crippen LogP contribution is 2.21. The Hall–Kier alpha value is -1.13. The predicted octanol–water partition coefficient (Wildman–Crippen LogP) is 2.26. The molecule has 0 spiro atoms. The summed E-state index contributed by atoms with van der Waals surface area (Å²) in [7, 11) is 1.44. The summed E-state index contributed by atoms with van der Waals surface area (Å²) in [6, 6.07) is 4.88. The van der Waals surface area contributed by atoms with Gasteiger partial charge in [0.25, 0.3) is 0 Å².